The summed E-state index contributed by atoms with van der Waals surface area (Å²) in [7, 11) is 2.10. The molecule has 5 heteroatoms. The van der Waals surface area contributed by atoms with E-state index in [1.165, 1.54) is 31.5 Å². The van der Waals surface area contributed by atoms with Crippen LogP contribution < -0.4 is 0 Å². The van der Waals surface area contributed by atoms with E-state index in [9.17, 15) is 4.79 Å². The molecule has 28 heavy (non-hydrogen) atoms. The van der Waals surface area contributed by atoms with Gasteiger partial charge in [0.2, 0.25) is 0 Å². The Hall–Kier alpha value is -2.24. The molecule has 1 aromatic carbocycles. The minimum atomic E-state index is 0.107. The molecule has 3 heterocycles. The number of aromatic nitrogens is 1. The second kappa shape index (κ2) is 8.41. The molecule has 2 fully saturated rings. The highest BCUT2D eigenvalue weighted by Crippen LogP contribution is 2.27. The second-order valence-corrected chi connectivity index (χ2v) is 8.07. The Labute approximate surface area is 168 Å². The average molecular weight is 379 g/mol. The molecule has 148 valence electrons. The molecule has 4 rings (SSSR count). The van der Waals surface area contributed by atoms with Crippen LogP contribution in [0.3, 0.4) is 0 Å². The Morgan fingerprint density at radius 2 is 1.64 bits per heavy atom. The number of benzene rings is 1. The molecular formula is C23H30N4O. The van der Waals surface area contributed by atoms with E-state index in [0.717, 1.165) is 43.0 Å². The van der Waals surface area contributed by atoms with Crippen LogP contribution >= 0.6 is 0 Å². The van der Waals surface area contributed by atoms with E-state index >= 15 is 0 Å². The Morgan fingerprint density at radius 3 is 2.32 bits per heavy atom. The molecule has 1 atom stereocenters. The number of amides is 1. The number of pyridine rings is 1. The fraction of sp³-hybridized carbons (Fsp3) is 0.478. The predicted molar refractivity (Wildman–Crippen MR) is 112 cm³/mol. The zero-order valence-corrected chi connectivity index (χ0v) is 17.0. The molecular weight excluding hydrogens is 348 g/mol. The van der Waals surface area contributed by atoms with Crippen molar-refractivity contribution in [2.45, 2.75) is 25.8 Å². The van der Waals surface area contributed by atoms with E-state index in [1.54, 1.807) is 6.20 Å². The van der Waals surface area contributed by atoms with Gasteiger partial charge in [0.25, 0.3) is 5.91 Å². The van der Waals surface area contributed by atoms with Crippen LogP contribution in [0, 0.1) is 0 Å². The van der Waals surface area contributed by atoms with Gasteiger partial charge in [0.1, 0.15) is 0 Å². The third-order valence-electron chi connectivity index (χ3n) is 6.17. The molecule has 0 spiro atoms. The Kier molecular flexibility index (Phi) is 5.74. The SMILES string of the molecule is C[C@@H](c1ccc(-c2cc(C(=O)N3CCN(C)CC3)ccn2)cc1)N1CCCC1. The zero-order valence-electron chi connectivity index (χ0n) is 17.0. The summed E-state index contributed by atoms with van der Waals surface area (Å²) in [5, 5.41) is 0. The lowest BCUT2D eigenvalue weighted by Crippen LogP contribution is -2.47. The maximum atomic E-state index is 12.9. The van der Waals surface area contributed by atoms with Gasteiger partial charge < -0.3 is 9.80 Å². The number of rotatable bonds is 4. The van der Waals surface area contributed by atoms with Gasteiger partial charge in [-0.3, -0.25) is 14.7 Å². The first-order valence-corrected chi connectivity index (χ1v) is 10.4. The largest absolute Gasteiger partial charge is 0.336 e. The Morgan fingerprint density at radius 1 is 0.964 bits per heavy atom. The molecule has 1 aromatic heterocycles. The summed E-state index contributed by atoms with van der Waals surface area (Å²) in [5.74, 6) is 0.107. The fourth-order valence-corrected chi connectivity index (χ4v) is 4.19. The van der Waals surface area contributed by atoms with Crippen LogP contribution in [0.4, 0.5) is 0 Å². The molecule has 0 aliphatic carbocycles. The summed E-state index contributed by atoms with van der Waals surface area (Å²) in [6, 6.07) is 12.9. The van der Waals surface area contributed by atoms with Crippen LogP contribution in [0.5, 0.6) is 0 Å². The van der Waals surface area contributed by atoms with Crippen molar-refractivity contribution in [3.63, 3.8) is 0 Å². The monoisotopic (exact) mass is 378 g/mol. The van der Waals surface area contributed by atoms with Crippen molar-refractivity contribution in [2.24, 2.45) is 0 Å². The van der Waals surface area contributed by atoms with Crippen molar-refractivity contribution in [3.8, 4) is 11.3 Å². The Bertz CT molecular complexity index is 806. The third-order valence-corrected chi connectivity index (χ3v) is 6.17. The molecule has 2 aliphatic heterocycles. The topological polar surface area (TPSA) is 39.7 Å². The van der Waals surface area contributed by atoms with Crippen molar-refractivity contribution in [1.82, 2.24) is 19.7 Å². The van der Waals surface area contributed by atoms with Gasteiger partial charge >= 0.3 is 0 Å². The minimum absolute atomic E-state index is 0.107. The molecule has 0 radical (unpaired) electrons. The van der Waals surface area contributed by atoms with E-state index < -0.39 is 0 Å². The molecule has 2 aromatic rings. The quantitative estimate of drug-likeness (QED) is 0.818. The third kappa shape index (κ3) is 4.10. The molecule has 0 saturated carbocycles. The highest BCUT2D eigenvalue weighted by atomic mass is 16.2. The number of piperazine rings is 1. The zero-order chi connectivity index (χ0) is 19.5. The maximum Gasteiger partial charge on any atom is 0.254 e. The number of likely N-dealkylation sites (tertiary alicyclic amines) is 1. The normalized spacial score (nSPS) is 19.7. The molecule has 0 unspecified atom stereocenters. The van der Waals surface area contributed by atoms with Crippen LogP contribution in [-0.4, -0.2) is 71.9 Å². The second-order valence-electron chi connectivity index (χ2n) is 8.07. The summed E-state index contributed by atoms with van der Waals surface area (Å²) in [6.07, 6.45) is 4.36. The number of carbonyl (C=O) groups is 1. The van der Waals surface area contributed by atoms with Crippen LogP contribution in [-0.2, 0) is 0 Å². The molecule has 0 bridgehead atoms. The van der Waals surface area contributed by atoms with Crippen molar-refractivity contribution in [1.29, 1.82) is 0 Å². The van der Waals surface area contributed by atoms with Gasteiger partial charge in [0.15, 0.2) is 0 Å². The molecule has 5 nitrogen and oxygen atoms in total. The van der Waals surface area contributed by atoms with Crippen molar-refractivity contribution >= 4 is 5.91 Å². The summed E-state index contributed by atoms with van der Waals surface area (Å²) in [6.45, 7) is 8.11. The first-order valence-electron chi connectivity index (χ1n) is 10.4. The lowest BCUT2D eigenvalue weighted by atomic mass is 10.0. The first kappa shape index (κ1) is 19.1. The van der Waals surface area contributed by atoms with Gasteiger partial charge in [-0.05, 0) is 57.6 Å². The van der Waals surface area contributed by atoms with E-state index in [4.69, 9.17) is 0 Å². The Balaban J connectivity index is 1.48. The first-order chi connectivity index (χ1) is 13.6. The van der Waals surface area contributed by atoms with Gasteiger partial charge in [-0.15, -0.1) is 0 Å². The van der Waals surface area contributed by atoms with Crippen LogP contribution in [0.1, 0.15) is 41.7 Å². The van der Waals surface area contributed by atoms with E-state index in [0.29, 0.717) is 6.04 Å². The maximum absolute atomic E-state index is 12.9. The number of likely N-dealkylation sites (N-methyl/N-ethyl adjacent to an activating group) is 1. The number of nitrogens with zero attached hydrogens (tertiary/aromatic N) is 4. The predicted octanol–water partition coefficient (Wildman–Crippen LogP) is 3.29. The lowest BCUT2D eigenvalue weighted by Gasteiger charge is -2.32. The van der Waals surface area contributed by atoms with Crippen molar-refractivity contribution < 1.29 is 4.79 Å². The summed E-state index contributed by atoms with van der Waals surface area (Å²) >= 11 is 0. The van der Waals surface area contributed by atoms with E-state index in [2.05, 4.69) is 53.0 Å². The molecule has 2 saturated heterocycles. The van der Waals surface area contributed by atoms with Gasteiger partial charge in [-0.1, -0.05) is 24.3 Å². The highest BCUT2D eigenvalue weighted by molar-refractivity contribution is 5.95. The highest BCUT2D eigenvalue weighted by Gasteiger charge is 2.21. The van der Waals surface area contributed by atoms with Gasteiger partial charge in [0.05, 0.1) is 5.69 Å². The molecule has 2 aliphatic rings. The summed E-state index contributed by atoms with van der Waals surface area (Å²) in [4.78, 5) is 24.1. The van der Waals surface area contributed by atoms with Gasteiger partial charge in [-0.25, -0.2) is 0 Å². The molecule has 1 amide bonds. The van der Waals surface area contributed by atoms with E-state index in [1.807, 2.05) is 17.0 Å². The van der Waals surface area contributed by atoms with Crippen LogP contribution in [0.25, 0.3) is 11.3 Å². The molecule has 0 N–H and O–H groups in total. The van der Waals surface area contributed by atoms with E-state index in [-0.39, 0.29) is 5.91 Å². The van der Waals surface area contributed by atoms with Gasteiger partial charge in [0, 0.05) is 49.5 Å². The fourth-order valence-electron chi connectivity index (χ4n) is 4.19. The van der Waals surface area contributed by atoms with Crippen LogP contribution in [0.15, 0.2) is 42.6 Å². The van der Waals surface area contributed by atoms with Crippen molar-refractivity contribution in [3.05, 3.63) is 53.7 Å². The van der Waals surface area contributed by atoms with Crippen molar-refractivity contribution in [2.75, 3.05) is 46.3 Å². The summed E-state index contributed by atoms with van der Waals surface area (Å²) in [5.41, 5.74) is 3.99. The average Bonchev–Trinajstić information content (AvgIpc) is 3.28. The van der Waals surface area contributed by atoms with Crippen LogP contribution in [0.2, 0.25) is 0 Å². The number of carbonyl (C=O) groups excluding carboxylic acids is 1. The standard InChI is InChI=1S/C23H30N4O/c1-18(26-11-3-4-12-26)19-5-7-20(8-6-19)22-17-21(9-10-24-22)23(28)27-15-13-25(2)14-16-27/h5-10,17-18H,3-4,11-16H2,1-2H3/t18-/m0/s1. The summed E-state index contributed by atoms with van der Waals surface area (Å²) < 4.78 is 0. The number of hydrogen-bond donors (Lipinski definition) is 0. The smallest absolute Gasteiger partial charge is 0.254 e. The lowest BCUT2D eigenvalue weighted by molar-refractivity contribution is 0.0664. The van der Waals surface area contributed by atoms with Gasteiger partial charge in [-0.2, -0.15) is 0 Å². The number of hydrogen-bond acceptors (Lipinski definition) is 4. The minimum Gasteiger partial charge on any atom is -0.336 e.